The molecule has 1 fully saturated rings. The fourth-order valence-electron chi connectivity index (χ4n) is 2.10. The van der Waals surface area contributed by atoms with Crippen molar-refractivity contribution in [3.05, 3.63) is 34.4 Å². The van der Waals surface area contributed by atoms with E-state index in [1.54, 1.807) is 17.0 Å². The van der Waals surface area contributed by atoms with Gasteiger partial charge in [0.05, 0.1) is 4.92 Å². The van der Waals surface area contributed by atoms with Crippen LogP contribution in [-0.4, -0.2) is 47.8 Å². The molecule has 1 aromatic rings. The number of halogens is 1. The maximum Gasteiger partial charge on any atom is 0.271 e. The molecule has 1 saturated heterocycles. The molecule has 19 heavy (non-hydrogen) atoms. The molecule has 0 N–H and O–H groups in total. The average molecular weight is 284 g/mol. The van der Waals surface area contributed by atoms with Crippen molar-refractivity contribution >= 4 is 28.9 Å². The molecule has 0 atom stereocenters. The molecule has 6 nitrogen and oxygen atoms in total. The molecule has 1 aliphatic rings. The van der Waals surface area contributed by atoms with Gasteiger partial charge in [-0.3, -0.25) is 14.9 Å². The van der Waals surface area contributed by atoms with Crippen molar-refractivity contribution in [2.24, 2.45) is 0 Å². The van der Waals surface area contributed by atoms with Gasteiger partial charge in [0.1, 0.15) is 5.88 Å². The first-order chi connectivity index (χ1) is 9.11. The highest BCUT2D eigenvalue weighted by Crippen LogP contribution is 2.22. The van der Waals surface area contributed by atoms with Crippen LogP contribution < -0.4 is 4.90 Å². The number of piperazine rings is 1. The predicted octanol–water partition coefficient (Wildman–Crippen LogP) is 1.48. The van der Waals surface area contributed by atoms with E-state index in [1.807, 2.05) is 11.0 Å². The van der Waals surface area contributed by atoms with Crippen LogP contribution in [0.2, 0.25) is 0 Å². The highest BCUT2D eigenvalue weighted by atomic mass is 35.5. The van der Waals surface area contributed by atoms with Crippen LogP contribution in [0, 0.1) is 10.1 Å². The van der Waals surface area contributed by atoms with Crippen molar-refractivity contribution in [2.45, 2.75) is 0 Å². The summed E-state index contributed by atoms with van der Waals surface area (Å²) in [5, 5.41) is 10.7. The molecule has 0 unspecified atom stereocenters. The topological polar surface area (TPSA) is 66.7 Å². The second-order valence-corrected chi connectivity index (χ2v) is 4.55. The van der Waals surface area contributed by atoms with E-state index < -0.39 is 4.92 Å². The van der Waals surface area contributed by atoms with E-state index >= 15 is 0 Å². The fraction of sp³-hybridized carbons (Fsp3) is 0.417. The van der Waals surface area contributed by atoms with E-state index in [0.717, 1.165) is 5.69 Å². The van der Waals surface area contributed by atoms with E-state index in [2.05, 4.69) is 0 Å². The van der Waals surface area contributed by atoms with Crippen molar-refractivity contribution in [1.82, 2.24) is 4.90 Å². The van der Waals surface area contributed by atoms with E-state index in [4.69, 9.17) is 11.6 Å². The number of non-ortho nitro benzene ring substituents is 1. The smallest absolute Gasteiger partial charge is 0.271 e. The number of rotatable bonds is 3. The van der Waals surface area contributed by atoms with E-state index in [9.17, 15) is 14.9 Å². The van der Waals surface area contributed by atoms with Crippen molar-refractivity contribution in [3.63, 3.8) is 0 Å². The largest absolute Gasteiger partial charge is 0.368 e. The Morgan fingerprint density at radius 2 is 2.00 bits per heavy atom. The summed E-state index contributed by atoms with van der Waals surface area (Å²) >= 11 is 5.51. The third kappa shape index (κ3) is 3.14. The Morgan fingerprint density at radius 1 is 1.32 bits per heavy atom. The lowest BCUT2D eigenvalue weighted by molar-refractivity contribution is -0.384. The van der Waals surface area contributed by atoms with Crippen LogP contribution >= 0.6 is 11.6 Å². The summed E-state index contributed by atoms with van der Waals surface area (Å²) in [4.78, 5) is 25.5. The van der Waals surface area contributed by atoms with Crippen molar-refractivity contribution < 1.29 is 9.72 Å². The Bertz CT molecular complexity index is 487. The Labute approximate surface area is 115 Å². The number of nitro benzene ring substituents is 1. The van der Waals surface area contributed by atoms with Gasteiger partial charge in [-0.25, -0.2) is 0 Å². The molecule has 1 amide bonds. The summed E-state index contributed by atoms with van der Waals surface area (Å²) in [7, 11) is 0. The van der Waals surface area contributed by atoms with Crippen LogP contribution in [0.25, 0.3) is 0 Å². The lowest BCUT2D eigenvalue weighted by atomic mass is 10.2. The predicted molar refractivity (Wildman–Crippen MR) is 72.6 cm³/mol. The van der Waals surface area contributed by atoms with Gasteiger partial charge in [0, 0.05) is 44.0 Å². The number of hydrogen-bond donors (Lipinski definition) is 0. The van der Waals surface area contributed by atoms with Gasteiger partial charge in [-0.2, -0.15) is 0 Å². The SMILES string of the molecule is O=C(CCl)N1CCN(c2cccc([N+](=O)[O-])c2)CC1. The number of alkyl halides is 1. The van der Waals surface area contributed by atoms with Crippen molar-refractivity contribution in [1.29, 1.82) is 0 Å². The third-order valence-electron chi connectivity index (χ3n) is 3.15. The summed E-state index contributed by atoms with van der Waals surface area (Å²) in [5.74, 6) is -0.0723. The molecular weight excluding hydrogens is 270 g/mol. The van der Waals surface area contributed by atoms with Crippen molar-refractivity contribution in [3.8, 4) is 0 Å². The molecule has 0 radical (unpaired) electrons. The number of carbonyl (C=O) groups excluding carboxylic acids is 1. The Balaban J connectivity index is 2.03. The highest BCUT2D eigenvalue weighted by Gasteiger charge is 2.21. The van der Waals surface area contributed by atoms with E-state index in [0.29, 0.717) is 26.2 Å². The summed E-state index contributed by atoms with van der Waals surface area (Å²) < 4.78 is 0. The van der Waals surface area contributed by atoms with Gasteiger partial charge in [-0.15, -0.1) is 11.6 Å². The first-order valence-electron chi connectivity index (χ1n) is 5.95. The lowest BCUT2D eigenvalue weighted by Gasteiger charge is -2.35. The van der Waals surface area contributed by atoms with Gasteiger partial charge in [0.2, 0.25) is 5.91 Å². The second kappa shape index (κ2) is 5.88. The highest BCUT2D eigenvalue weighted by molar-refractivity contribution is 6.27. The zero-order valence-corrected chi connectivity index (χ0v) is 11.0. The Morgan fingerprint density at radius 3 is 2.58 bits per heavy atom. The molecule has 102 valence electrons. The molecular formula is C12H14ClN3O3. The summed E-state index contributed by atoms with van der Waals surface area (Å²) in [6.45, 7) is 2.50. The minimum Gasteiger partial charge on any atom is -0.368 e. The minimum absolute atomic E-state index is 0.00317. The van der Waals surface area contributed by atoms with Crippen molar-refractivity contribution in [2.75, 3.05) is 37.0 Å². The standard InChI is InChI=1S/C12H14ClN3O3/c13-9-12(17)15-6-4-14(5-7-15)10-2-1-3-11(8-10)16(18)19/h1-3,8H,4-7,9H2. The first-order valence-corrected chi connectivity index (χ1v) is 6.48. The van der Waals surface area contributed by atoms with Crippen LogP contribution in [0.3, 0.4) is 0 Å². The monoisotopic (exact) mass is 283 g/mol. The fourth-order valence-corrected chi connectivity index (χ4v) is 2.27. The molecule has 0 aliphatic carbocycles. The quantitative estimate of drug-likeness (QED) is 0.479. The first kappa shape index (κ1) is 13.6. The van der Waals surface area contributed by atoms with Crippen LogP contribution in [-0.2, 0) is 4.79 Å². The summed E-state index contributed by atoms with van der Waals surface area (Å²) in [6.07, 6.45) is 0. The van der Waals surface area contributed by atoms with Crippen LogP contribution in [0.4, 0.5) is 11.4 Å². The number of benzene rings is 1. The Hall–Kier alpha value is -1.82. The molecule has 2 rings (SSSR count). The molecule has 0 aromatic heterocycles. The summed E-state index contributed by atoms with van der Waals surface area (Å²) in [5.41, 5.74) is 0.893. The van der Waals surface area contributed by atoms with Gasteiger partial charge in [-0.1, -0.05) is 6.07 Å². The second-order valence-electron chi connectivity index (χ2n) is 4.28. The van der Waals surface area contributed by atoms with Gasteiger partial charge in [0.25, 0.3) is 5.69 Å². The van der Waals surface area contributed by atoms with E-state index in [-0.39, 0.29) is 17.5 Å². The number of amides is 1. The normalized spacial score (nSPS) is 15.4. The molecule has 1 aliphatic heterocycles. The Kier molecular flexibility index (Phi) is 4.21. The van der Waals surface area contributed by atoms with Gasteiger partial charge >= 0.3 is 0 Å². The van der Waals surface area contributed by atoms with Gasteiger partial charge in [-0.05, 0) is 6.07 Å². The van der Waals surface area contributed by atoms with Crippen LogP contribution in [0.15, 0.2) is 24.3 Å². The van der Waals surface area contributed by atoms with E-state index in [1.165, 1.54) is 6.07 Å². The van der Waals surface area contributed by atoms with Gasteiger partial charge in [0.15, 0.2) is 0 Å². The average Bonchev–Trinajstić information content (AvgIpc) is 2.46. The lowest BCUT2D eigenvalue weighted by Crippen LogP contribution is -2.49. The number of nitro groups is 1. The third-order valence-corrected chi connectivity index (χ3v) is 3.38. The number of anilines is 1. The number of carbonyl (C=O) groups is 1. The zero-order chi connectivity index (χ0) is 13.8. The number of hydrogen-bond acceptors (Lipinski definition) is 4. The molecule has 7 heteroatoms. The van der Waals surface area contributed by atoms with Gasteiger partial charge < -0.3 is 9.80 Å². The van der Waals surface area contributed by atoms with Crippen LogP contribution in [0.1, 0.15) is 0 Å². The molecule has 1 aromatic carbocycles. The molecule has 0 bridgehead atoms. The minimum atomic E-state index is -0.406. The number of nitrogens with zero attached hydrogens (tertiary/aromatic N) is 3. The zero-order valence-electron chi connectivity index (χ0n) is 10.3. The maximum atomic E-state index is 11.4. The molecule has 0 saturated carbocycles. The van der Waals surface area contributed by atoms with Crippen LogP contribution in [0.5, 0.6) is 0 Å². The molecule has 1 heterocycles. The maximum absolute atomic E-state index is 11.4. The molecule has 0 spiro atoms. The summed E-state index contributed by atoms with van der Waals surface area (Å²) in [6, 6.07) is 6.53.